The molecule has 4 rings (SSSR count). The van der Waals surface area contributed by atoms with Gasteiger partial charge < -0.3 is 9.90 Å². The zero-order valence-electron chi connectivity index (χ0n) is 8.34. The van der Waals surface area contributed by atoms with Crippen LogP contribution in [0.2, 0.25) is 0 Å². The van der Waals surface area contributed by atoms with Crippen molar-refractivity contribution in [3.8, 4) is 0 Å². The summed E-state index contributed by atoms with van der Waals surface area (Å²) in [6, 6.07) is 0. The summed E-state index contributed by atoms with van der Waals surface area (Å²) in [4.78, 5) is 11.3. The van der Waals surface area contributed by atoms with Crippen LogP contribution in [0, 0.1) is 23.2 Å². The van der Waals surface area contributed by atoms with Crippen molar-refractivity contribution in [1.82, 2.24) is 0 Å². The van der Waals surface area contributed by atoms with Crippen LogP contribution in [0.1, 0.15) is 32.1 Å². The number of hydrogen-bond donors (Lipinski definition) is 0. The van der Waals surface area contributed by atoms with E-state index >= 15 is 0 Å². The minimum atomic E-state index is -0.808. The van der Waals surface area contributed by atoms with Crippen molar-refractivity contribution >= 4 is 37.8 Å². The number of hydrogen-bond acceptors (Lipinski definition) is 2. The molecule has 2 nitrogen and oxygen atoms in total. The fraction of sp³-hybridized carbons (Fsp3) is 0.909. The fourth-order valence-electron chi connectivity index (χ4n) is 4.15. The van der Waals surface area contributed by atoms with Gasteiger partial charge in [0.1, 0.15) is 0 Å². The second kappa shape index (κ2) is 3.00. The standard InChI is InChI=1S/C11H14Br2O2/c12-11(13)7-1-6-2-8(11)5-10(3-6,4-7)9(14)15/h6-8H,1-5H2,(H,14,15)/p-1/t6?,7-,8+,10?. The van der Waals surface area contributed by atoms with Crippen LogP contribution in [0.25, 0.3) is 0 Å². The van der Waals surface area contributed by atoms with Crippen molar-refractivity contribution in [2.75, 3.05) is 0 Å². The minimum absolute atomic E-state index is 0.00410. The molecule has 0 aromatic rings. The maximum Gasteiger partial charge on any atom is 0.0862 e. The molecule has 0 N–H and O–H groups in total. The summed E-state index contributed by atoms with van der Waals surface area (Å²) in [5, 5.41) is 11.3. The summed E-state index contributed by atoms with van der Waals surface area (Å²) in [5.74, 6) is 0.726. The lowest BCUT2D eigenvalue weighted by molar-refractivity contribution is -0.327. The molecule has 0 aliphatic heterocycles. The monoisotopic (exact) mass is 335 g/mol. The quantitative estimate of drug-likeness (QED) is 0.687. The molecule has 0 amide bonds. The Kier molecular flexibility index (Phi) is 2.12. The third-order valence-electron chi connectivity index (χ3n) is 4.71. The number of rotatable bonds is 1. The van der Waals surface area contributed by atoms with Gasteiger partial charge >= 0.3 is 0 Å². The Morgan fingerprint density at radius 1 is 1.13 bits per heavy atom. The van der Waals surface area contributed by atoms with Crippen LogP contribution >= 0.6 is 31.9 Å². The topological polar surface area (TPSA) is 40.1 Å². The smallest absolute Gasteiger partial charge is 0.0862 e. The van der Waals surface area contributed by atoms with Gasteiger partial charge in [0.15, 0.2) is 0 Å². The predicted molar refractivity (Wildman–Crippen MR) is 61.6 cm³/mol. The Hall–Kier alpha value is 0.430. The van der Waals surface area contributed by atoms with Gasteiger partial charge in [-0.25, -0.2) is 0 Å². The summed E-state index contributed by atoms with van der Waals surface area (Å²) >= 11 is 7.52. The molecule has 4 fully saturated rings. The molecule has 4 heteroatoms. The zero-order chi connectivity index (χ0) is 10.8. The Morgan fingerprint density at radius 2 is 1.67 bits per heavy atom. The lowest BCUT2D eigenvalue weighted by Crippen LogP contribution is -2.60. The van der Waals surface area contributed by atoms with Gasteiger partial charge in [0, 0.05) is 11.4 Å². The molecule has 84 valence electrons. The summed E-state index contributed by atoms with van der Waals surface area (Å²) in [5.41, 5.74) is -0.498. The van der Waals surface area contributed by atoms with E-state index in [1.807, 2.05) is 0 Å². The van der Waals surface area contributed by atoms with Gasteiger partial charge in [-0.05, 0) is 49.9 Å². The van der Waals surface area contributed by atoms with Gasteiger partial charge in [-0.1, -0.05) is 31.9 Å². The van der Waals surface area contributed by atoms with Gasteiger partial charge in [0.2, 0.25) is 0 Å². The molecule has 0 saturated heterocycles. The van der Waals surface area contributed by atoms with E-state index in [0.29, 0.717) is 17.8 Å². The maximum absolute atomic E-state index is 11.3. The van der Waals surface area contributed by atoms with E-state index in [0.717, 1.165) is 19.3 Å². The van der Waals surface area contributed by atoms with E-state index < -0.39 is 11.4 Å². The first-order chi connectivity index (χ1) is 6.94. The second-order valence-corrected chi connectivity index (χ2v) is 9.27. The summed E-state index contributed by atoms with van der Waals surface area (Å²) in [6.45, 7) is 0. The van der Waals surface area contributed by atoms with Gasteiger partial charge in [-0.2, -0.15) is 0 Å². The molecule has 4 aliphatic rings. The van der Waals surface area contributed by atoms with E-state index in [4.69, 9.17) is 0 Å². The number of carboxylic acid groups (broad SMARTS) is 1. The molecule has 4 atom stereocenters. The Balaban J connectivity index is 2.00. The van der Waals surface area contributed by atoms with Crippen molar-refractivity contribution in [2.45, 2.75) is 35.3 Å². The number of carbonyl (C=O) groups is 1. The van der Waals surface area contributed by atoms with E-state index in [1.54, 1.807) is 0 Å². The van der Waals surface area contributed by atoms with E-state index in [1.165, 1.54) is 12.8 Å². The number of carboxylic acids is 1. The van der Waals surface area contributed by atoms with Gasteiger partial charge in [0.05, 0.1) is 3.23 Å². The largest absolute Gasteiger partial charge is 0.550 e. The highest BCUT2D eigenvalue weighted by Crippen LogP contribution is 2.67. The maximum atomic E-state index is 11.3. The molecule has 0 radical (unpaired) electrons. The van der Waals surface area contributed by atoms with Crippen molar-refractivity contribution in [1.29, 1.82) is 0 Å². The van der Waals surface area contributed by atoms with Crippen LogP contribution in [0.5, 0.6) is 0 Å². The molecular formula is C11H13Br2O2-. The Bertz CT molecular complexity index is 309. The highest BCUT2D eigenvalue weighted by molar-refractivity contribution is 9.25. The number of aliphatic carboxylic acids is 1. The second-order valence-electron chi connectivity index (χ2n) is 5.59. The summed E-state index contributed by atoms with van der Waals surface area (Å²) < 4.78 is -0.00410. The normalized spacial score (nSPS) is 50.7. The van der Waals surface area contributed by atoms with Crippen molar-refractivity contribution in [3.05, 3.63) is 0 Å². The Labute approximate surface area is 106 Å². The predicted octanol–water partition coefficient (Wildman–Crippen LogP) is 2.05. The molecule has 4 saturated carbocycles. The van der Waals surface area contributed by atoms with Crippen LogP contribution in [0.15, 0.2) is 0 Å². The highest BCUT2D eigenvalue weighted by Gasteiger charge is 2.60. The summed E-state index contributed by atoms with van der Waals surface area (Å²) in [6.07, 6.45) is 4.78. The molecule has 4 aliphatic carbocycles. The zero-order valence-corrected chi connectivity index (χ0v) is 11.5. The first kappa shape index (κ1) is 10.6. The minimum Gasteiger partial charge on any atom is -0.550 e. The van der Waals surface area contributed by atoms with Crippen LogP contribution in [0.3, 0.4) is 0 Å². The van der Waals surface area contributed by atoms with Crippen molar-refractivity contribution in [3.63, 3.8) is 0 Å². The molecule has 15 heavy (non-hydrogen) atoms. The lowest BCUT2D eigenvalue weighted by Gasteiger charge is -2.62. The summed E-state index contributed by atoms with van der Waals surface area (Å²) in [7, 11) is 0. The SMILES string of the molecule is O=C([O-])C12CC3C[C@H](C1)C(Br)(Br)[C@@H](C3)C2. The van der Waals surface area contributed by atoms with E-state index in [-0.39, 0.29) is 3.23 Å². The number of halogens is 2. The molecule has 0 aromatic carbocycles. The molecule has 0 spiro atoms. The number of alkyl halides is 2. The average Bonchev–Trinajstić information content (AvgIpc) is 2.13. The van der Waals surface area contributed by atoms with Crippen LogP contribution < -0.4 is 5.11 Å². The first-order valence-corrected chi connectivity index (χ1v) is 7.12. The fourth-order valence-corrected chi connectivity index (χ4v) is 5.55. The van der Waals surface area contributed by atoms with Gasteiger partial charge in [0.25, 0.3) is 0 Å². The number of carbonyl (C=O) groups excluding carboxylic acids is 1. The third-order valence-corrected chi connectivity index (χ3v) is 7.30. The molecular weight excluding hydrogens is 324 g/mol. The average molecular weight is 337 g/mol. The van der Waals surface area contributed by atoms with Crippen molar-refractivity contribution in [2.24, 2.45) is 23.2 Å². The van der Waals surface area contributed by atoms with Crippen LogP contribution in [-0.4, -0.2) is 9.20 Å². The van der Waals surface area contributed by atoms with Crippen molar-refractivity contribution < 1.29 is 9.90 Å². The van der Waals surface area contributed by atoms with Gasteiger partial charge in [-0.3, -0.25) is 0 Å². The third kappa shape index (κ3) is 1.30. The molecule has 0 heterocycles. The molecule has 0 aromatic heterocycles. The molecule has 2 unspecified atom stereocenters. The molecule has 4 bridgehead atoms. The lowest BCUT2D eigenvalue weighted by atomic mass is 9.49. The van der Waals surface area contributed by atoms with E-state index in [9.17, 15) is 9.90 Å². The van der Waals surface area contributed by atoms with Crippen LogP contribution in [0.4, 0.5) is 0 Å². The highest BCUT2D eigenvalue weighted by atomic mass is 79.9. The van der Waals surface area contributed by atoms with Crippen LogP contribution in [-0.2, 0) is 4.79 Å². The first-order valence-electron chi connectivity index (χ1n) is 5.53. The Morgan fingerprint density at radius 3 is 2.13 bits per heavy atom. The van der Waals surface area contributed by atoms with E-state index in [2.05, 4.69) is 31.9 Å². The van der Waals surface area contributed by atoms with Gasteiger partial charge in [-0.15, -0.1) is 0 Å².